The van der Waals surface area contributed by atoms with Gasteiger partial charge in [0.25, 0.3) is 0 Å². The first-order chi connectivity index (χ1) is 10.0. The molecule has 2 atom stereocenters. The van der Waals surface area contributed by atoms with Crippen LogP contribution in [-0.2, 0) is 0 Å². The van der Waals surface area contributed by atoms with Crippen molar-refractivity contribution in [2.45, 2.75) is 58.5 Å². The lowest BCUT2D eigenvalue weighted by Crippen LogP contribution is -2.45. The van der Waals surface area contributed by atoms with Crippen molar-refractivity contribution in [3.05, 3.63) is 29.8 Å². The minimum Gasteiger partial charge on any atom is -0.329 e. The largest absolute Gasteiger partial charge is 0.329 e. The summed E-state index contributed by atoms with van der Waals surface area (Å²) in [4.78, 5) is 1.25. The molecule has 0 heterocycles. The zero-order valence-corrected chi connectivity index (χ0v) is 15.3. The monoisotopic (exact) mass is 311 g/mol. The molecular weight excluding hydrogens is 278 g/mol. The van der Waals surface area contributed by atoms with Crippen LogP contribution in [0.5, 0.6) is 0 Å². The number of hydrogen-bond donors (Lipinski definition) is 3. The maximum atomic E-state index is 5.75. The fourth-order valence-corrected chi connectivity index (χ4v) is 2.43. The minimum absolute atomic E-state index is 0.397. The van der Waals surface area contributed by atoms with Crippen LogP contribution < -0.4 is 15.8 Å². The fourth-order valence-electron chi connectivity index (χ4n) is 1.74. The van der Waals surface area contributed by atoms with Crippen molar-refractivity contribution in [2.75, 3.05) is 13.1 Å². The summed E-state index contributed by atoms with van der Waals surface area (Å²) < 4.78 is 3.45. The summed E-state index contributed by atoms with van der Waals surface area (Å²) in [7, 11) is 0. The van der Waals surface area contributed by atoms with Crippen LogP contribution in [0, 0.1) is 12.8 Å². The molecule has 0 fully saturated rings. The molecule has 0 aliphatic carbocycles. The minimum atomic E-state index is 0.397. The molecule has 0 aliphatic heterocycles. The van der Waals surface area contributed by atoms with Crippen LogP contribution in [0.4, 0.5) is 0 Å². The third-order valence-corrected chi connectivity index (χ3v) is 4.17. The highest BCUT2D eigenvalue weighted by atomic mass is 32.2. The van der Waals surface area contributed by atoms with Crippen LogP contribution in [-0.4, -0.2) is 25.2 Å². The van der Waals surface area contributed by atoms with Crippen LogP contribution in [0.25, 0.3) is 0 Å². The first-order valence-electron chi connectivity index (χ1n) is 7.95. The summed E-state index contributed by atoms with van der Waals surface area (Å²) in [6.07, 6.45) is 0. The second kappa shape index (κ2) is 12.0. The zero-order chi connectivity index (χ0) is 16.3. The molecule has 21 heavy (non-hydrogen) atoms. The molecule has 0 aromatic heterocycles. The Labute approximate surface area is 135 Å². The van der Waals surface area contributed by atoms with Gasteiger partial charge in [0.1, 0.15) is 0 Å². The molecule has 4 heteroatoms. The van der Waals surface area contributed by atoms with Gasteiger partial charge in [-0.15, -0.1) is 0 Å². The molecule has 0 radical (unpaired) electrons. The number of hydrogen-bond acceptors (Lipinski definition) is 4. The molecule has 1 rings (SSSR count). The van der Waals surface area contributed by atoms with E-state index in [4.69, 9.17) is 5.73 Å². The lowest BCUT2D eigenvalue weighted by atomic mass is 10.0. The van der Waals surface area contributed by atoms with E-state index in [-0.39, 0.29) is 0 Å². The lowest BCUT2D eigenvalue weighted by molar-refractivity contribution is 0.393. The van der Waals surface area contributed by atoms with Crippen LogP contribution in [0.15, 0.2) is 29.2 Å². The standard InChI is InChI=1S/C15H27N3S.C2H6/c1-11(2)15(9-16)17-10-13(4)18-19-14-7-5-12(3)6-8-14;1-2/h5-8,11,13,15,17-18H,9-10,16H2,1-4H3;1-2H3. The second-order valence-corrected chi connectivity index (χ2v) is 6.34. The third-order valence-electron chi connectivity index (χ3n) is 3.14. The lowest BCUT2D eigenvalue weighted by Gasteiger charge is -2.23. The van der Waals surface area contributed by atoms with Crippen molar-refractivity contribution in [1.82, 2.24) is 10.0 Å². The van der Waals surface area contributed by atoms with Gasteiger partial charge in [-0.25, -0.2) is 0 Å². The highest BCUT2D eigenvalue weighted by molar-refractivity contribution is 7.97. The summed E-state index contributed by atoms with van der Waals surface area (Å²) in [6, 6.07) is 9.35. The topological polar surface area (TPSA) is 50.1 Å². The van der Waals surface area contributed by atoms with Gasteiger partial charge in [-0.05, 0) is 43.8 Å². The highest BCUT2D eigenvalue weighted by Crippen LogP contribution is 2.15. The molecule has 0 saturated heterocycles. The van der Waals surface area contributed by atoms with E-state index in [0.29, 0.717) is 24.5 Å². The van der Waals surface area contributed by atoms with Gasteiger partial charge < -0.3 is 11.1 Å². The van der Waals surface area contributed by atoms with E-state index in [2.05, 4.69) is 62.0 Å². The molecule has 0 bridgehead atoms. The van der Waals surface area contributed by atoms with Gasteiger partial charge in [-0.1, -0.05) is 45.4 Å². The maximum Gasteiger partial charge on any atom is 0.0271 e. The smallest absolute Gasteiger partial charge is 0.0271 e. The second-order valence-electron chi connectivity index (χ2n) is 5.43. The van der Waals surface area contributed by atoms with E-state index >= 15 is 0 Å². The molecule has 0 amide bonds. The fraction of sp³-hybridized carbons (Fsp3) is 0.647. The Hall–Kier alpha value is -0.550. The van der Waals surface area contributed by atoms with Gasteiger partial charge in [0.15, 0.2) is 0 Å². The van der Waals surface area contributed by atoms with Gasteiger partial charge in [0, 0.05) is 30.1 Å². The van der Waals surface area contributed by atoms with Crippen LogP contribution >= 0.6 is 11.9 Å². The number of benzene rings is 1. The summed E-state index contributed by atoms with van der Waals surface area (Å²) in [5, 5.41) is 3.51. The normalized spacial score (nSPS) is 13.5. The summed E-state index contributed by atoms with van der Waals surface area (Å²) in [5.41, 5.74) is 7.04. The van der Waals surface area contributed by atoms with Crippen molar-refractivity contribution in [2.24, 2.45) is 11.7 Å². The van der Waals surface area contributed by atoms with Crippen molar-refractivity contribution in [3.8, 4) is 0 Å². The van der Waals surface area contributed by atoms with E-state index in [9.17, 15) is 0 Å². The predicted octanol–water partition coefficient (Wildman–Crippen LogP) is 3.58. The average molecular weight is 312 g/mol. The zero-order valence-electron chi connectivity index (χ0n) is 14.4. The Balaban J connectivity index is 0.00000191. The highest BCUT2D eigenvalue weighted by Gasteiger charge is 2.11. The number of rotatable bonds is 8. The number of aryl methyl sites for hydroxylation is 1. The predicted molar refractivity (Wildman–Crippen MR) is 96.7 cm³/mol. The molecule has 4 N–H and O–H groups in total. The van der Waals surface area contributed by atoms with Crippen molar-refractivity contribution >= 4 is 11.9 Å². The first kappa shape index (κ1) is 20.5. The molecule has 1 aromatic rings. The van der Waals surface area contributed by atoms with E-state index < -0.39 is 0 Å². The Morgan fingerprint density at radius 2 is 1.67 bits per heavy atom. The quantitative estimate of drug-likeness (QED) is 0.642. The molecule has 1 aromatic carbocycles. The first-order valence-corrected chi connectivity index (χ1v) is 8.77. The number of nitrogens with one attached hydrogen (secondary N) is 2. The van der Waals surface area contributed by atoms with E-state index in [1.165, 1.54) is 10.5 Å². The van der Waals surface area contributed by atoms with E-state index in [0.717, 1.165) is 6.54 Å². The van der Waals surface area contributed by atoms with Crippen LogP contribution in [0.3, 0.4) is 0 Å². The molecule has 2 unspecified atom stereocenters. The van der Waals surface area contributed by atoms with Gasteiger partial charge in [0.05, 0.1) is 0 Å². The molecule has 3 nitrogen and oxygen atoms in total. The Kier molecular flexibility index (Phi) is 11.7. The Bertz CT molecular complexity index is 352. The summed E-state index contributed by atoms with van der Waals surface area (Å²) in [5.74, 6) is 0.571. The third kappa shape index (κ3) is 9.14. The van der Waals surface area contributed by atoms with Crippen LogP contribution in [0.1, 0.15) is 40.2 Å². The van der Waals surface area contributed by atoms with Gasteiger partial charge in [-0.3, -0.25) is 4.72 Å². The molecule has 0 saturated carbocycles. The Morgan fingerprint density at radius 1 is 1.10 bits per heavy atom. The van der Waals surface area contributed by atoms with E-state index in [1.54, 1.807) is 11.9 Å². The molecule has 0 spiro atoms. The van der Waals surface area contributed by atoms with Crippen molar-refractivity contribution in [1.29, 1.82) is 0 Å². The number of nitrogens with two attached hydrogens (primary N) is 1. The SMILES string of the molecule is CC.Cc1ccc(SNC(C)CNC(CN)C(C)C)cc1. The molecular formula is C17H33N3S. The van der Waals surface area contributed by atoms with Crippen LogP contribution in [0.2, 0.25) is 0 Å². The van der Waals surface area contributed by atoms with Crippen molar-refractivity contribution < 1.29 is 0 Å². The summed E-state index contributed by atoms with van der Waals surface area (Å²) >= 11 is 1.68. The van der Waals surface area contributed by atoms with Gasteiger partial charge in [0.2, 0.25) is 0 Å². The Morgan fingerprint density at radius 3 is 2.14 bits per heavy atom. The summed E-state index contributed by atoms with van der Waals surface area (Å²) in [6.45, 7) is 14.3. The molecule has 0 aliphatic rings. The average Bonchev–Trinajstić information content (AvgIpc) is 2.49. The molecule has 122 valence electrons. The van der Waals surface area contributed by atoms with E-state index in [1.807, 2.05) is 13.8 Å². The maximum absolute atomic E-state index is 5.75. The van der Waals surface area contributed by atoms with Gasteiger partial charge in [-0.2, -0.15) is 0 Å². The van der Waals surface area contributed by atoms with Gasteiger partial charge >= 0.3 is 0 Å². The van der Waals surface area contributed by atoms with Crippen molar-refractivity contribution in [3.63, 3.8) is 0 Å².